The van der Waals surface area contributed by atoms with Crippen molar-refractivity contribution >= 4 is 0 Å². The molecule has 0 aliphatic heterocycles. The van der Waals surface area contributed by atoms with E-state index in [1.165, 1.54) is 5.56 Å². The van der Waals surface area contributed by atoms with E-state index in [0.717, 1.165) is 59.1 Å². The van der Waals surface area contributed by atoms with E-state index in [1.54, 1.807) is 14.2 Å². The van der Waals surface area contributed by atoms with Crippen LogP contribution in [0.4, 0.5) is 0 Å². The highest BCUT2D eigenvalue weighted by atomic mass is 16.5. The van der Waals surface area contributed by atoms with Crippen LogP contribution in [0.3, 0.4) is 0 Å². The molecule has 0 aliphatic carbocycles. The van der Waals surface area contributed by atoms with Crippen molar-refractivity contribution in [1.29, 1.82) is 0 Å². The molecule has 5 nitrogen and oxygen atoms in total. The predicted molar refractivity (Wildman–Crippen MR) is 131 cm³/mol. The maximum Gasteiger partial charge on any atom is 0.126 e. The van der Waals surface area contributed by atoms with Gasteiger partial charge in [0.05, 0.1) is 27.4 Å². The van der Waals surface area contributed by atoms with E-state index in [2.05, 4.69) is 12.1 Å². The summed E-state index contributed by atoms with van der Waals surface area (Å²) in [4.78, 5) is 0. The zero-order valence-corrected chi connectivity index (χ0v) is 20.1. The molecule has 0 saturated carbocycles. The van der Waals surface area contributed by atoms with Crippen LogP contribution in [0.5, 0.6) is 28.7 Å². The summed E-state index contributed by atoms with van der Waals surface area (Å²) in [6, 6.07) is 20.0. The number of hydrogen-bond donors (Lipinski definition) is 0. The second-order valence-electron chi connectivity index (χ2n) is 7.60. The minimum atomic E-state index is 0.484. The van der Waals surface area contributed by atoms with Gasteiger partial charge in [-0.2, -0.15) is 0 Å². The van der Waals surface area contributed by atoms with Crippen LogP contribution in [0.2, 0.25) is 0 Å². The average Bonchev–Trinajstić information content (AvgIpc) is 2.85. The van der Waals surface area contributed by atoms with Gasteiger partial charge in [-0.15, -0.1) is 0 Å². The van der Waals surface area contributed by atoms with E-state index >= 15 is 0 Å². The molecule has 33 heavy (non-hydrogen) atoms. The zero-order chi connectivity index (χ0) is 23.5. The first-order valence-corrected chi connectivity index (χ1v) is 11.5. The van der Waals surface area contributed by atoms with Crippen molar-refractivity contribution in [2.75, 3.05) is 27.4 Å². The largest absolute Gasteiger partial charge is 0.497 e. The molecule has 0 atom stereocenters. The van der Waals surface area contributed by atoms with Crippen LogP contribution < -0.4 is 23.7 Å². The Morgan fingerprint density at radius 3 is 1.73 bits per heavy atom. The van der Waals surface area contributed by atoms with Gasteiger partial charge in [0.15, 0.2) is 0 Å². The molecule has 176 valence electrons. The lowest BCUT2D eigenvalue weighted by molar-refractivity contribution is 0.300. The fourth-order valence-electron chi connectivity index (χ4n) is 3.64. The molecule has 0 radical (unpaired) electrons. The van der Waals surface area contributed by atoms with Crippen molar-refractivity contribution in [2.45, 2.75) is 39.7 Å². The Hall–Kier alpha value is -3.34. The molecule has 0 bridgehead atoms. The summed E-state index contributed by atoms with van der Waals surface area (Å²) in [5.74, 6) is 4.21. The molecule has 0 unspecified atom stereocenters. The molecule has 0 aliphatic rings. The second-order valence-corrected chi connectivity index (χ2v) is 7.60. The Labute approximate surface area is 197 Å². The lowest BCUT2D eigenvalue weighted by Gasteiger charge is -2.15. The molecule has 0 N–H and O–H groups in total. The lowest BCUT2D eigenvalue weighted by atomic mass is 10.0. The quantitative estimate of drug-likeness (QED) is 0.308. The van der Waals surface area contributed by atoms with Crippen molar-refractivity contribution in [2.24, 2.45) is 0 Å². The van der Waals surface area contributed by atoms with E-state index in [0.29, 0.717) is 19.8 Å². The Bertz CT molecular complexity index is 998. The highest BCUT2D eigenvalue weighted by molar-refractivity contribution is 5.43. The van der Waals surface area contributed by atoms with Crippen molar-refractivity contribution in [3.8, 4) is 28.7 Å². The third-order valence-corrected chi connectivity index (χ3v) is 5.37. The van der Waals surface area contributed by atoms with Gasteiger partial charge < -0.3 is 23.7 Å². The Kier molecular flexibility index (Phi) is 9.31. The molecule has 0 saturated heterocycles. The first kappa shape index (κ1) is 24.3. The fraction of sp³-hybridized carbons (Fsp3) is 0.357. The Morgan fingerprint density at radius 2 is 1.12 bits per heavy atom. The molecule has 0 aromatic heterocycles. The smallest absolute Gasteiger partial charge is 0.126 e. The first-order chi connectivity index (χ1) is 16.2. The van der Waals surface area contributed by atoms with E-state index in [1.807, 2.05) is 62.4 Å². The van der Waals surface area contributed by atoms with Gasteiger partial charge >= 0.3 is 0 Å². The summed E-state index contributed by atoms with van der Waals surface area (Å²) in [6.45, 7) is 5.74. The molecule has 3 aromatic rings. The first-order valence-electron chi connectivity index (χ1n) is 11.5. The van der Waals surface area contributed by atoms with Crippen molar-refractivity contribution in [3.63, 3.8) is 0 Å². The highest BCUT2D eigenvalue weighted by Crippen LogP contribution is 2.30. The van der Waals surface area contributed by atoms with Crippen molar-refractivity contribution < 1.29 is 23.7 Å². The number of benzene rings is 3. The van der Waals surface area contributed by atoms with Crippen molar-refractivity contribution in [1.82, 2.24) is 0 Å². The maximum atomic E-state index is 6.18. The van der Waals surface area contributed by atoms with Gasteiger partial charge in [0.25, 0.3) is 0 Å². The van der Waals surface area contributed by atoms with Crippen LogP contribution in [0, 0.1) is 0 Å². The highest BCUT2D eigenvalue weighted by Gasteiger charge is 2.10. The van der Waals surface area contributed by atoms with Crippen LogP contribution in [0.25, 0.3) is 0 Å². The topological polar surface area (TPSA) is 46.2 Å². The molecular formula is C28H34O5. The lowest BCUT2D eigenvalue weighted by Crippen LogP contribution is -2.02. The Morgan fingerprint density at radius 1 is 0.576 bits per heavy atom. The molecule has 0 fully saturated rings. The van der Waals surface area contributed by atoms with Gasteiger partial charge in [-0.05, 0) is 74.1 Å². The van der Waals surface area contributed by atoms with E-state index in [9.17, 15) is 0 Å². The summed E-state index contributed by atoms with van der Waals surface area (Å²) < 4.78 is 28.3. The maximum absolute atomic E-state index is 6.18. The van der Waals surface area contributed by atoms with Crippen LogP contribution in [-0.4, -0.2) is 27.4 Å². The summed E-state index contributed by atoms with van der Waals surface area (Å²) in [5, 5.41) is 0. The number of rotatable bonds is 13. The van der Waals surface area contributed by atoms with Gasteiger partial charge in [0, 0.05) is 12.1 Å². The van der Waals surface area contributed by atoms with Gasteiger partial charge in [-0.25, -0.2) is 0 Å². The van der Waals surface area contributed by atoms with Gasteiger partial charge in [0.1, 0.15) is 35.4 Å². The van der Waals surface area contributed by atoms with Crippen LogP contribution >= 0.6 is 0 Å². The SMILES string of the molecule is CCOc1ccc(CCCc2ccc(OC)cc2OCc2ccc(OC)cc2)c(OCC)c1. The van der Waals surface area contributed by atoms with Crippen LogP contribution in [0.15, 0.2) is 60.7 Å². The van der Waals surface area contributed by atoms with E-state index < -0.39 is 0 Å². The monoisotopic (exact) mass is 450 g/mol. The standard InChI is InChI=1S/C28H34O5/c1-5-31-26-17-13-22(27(19-26)32-6-2)8-7-9-23-12-16-25(30-4)18-28(23)33-20-21-10-14-24(29-3)15-11-21/h10-19H,5-9,20H2,1-4H3. The molecular weight excluding hydrogens is 416 g/mol. The molecule has 0 spiro atoms. The minimum absolute atomic E-state index is 0.484. The summed E-state index contributed by atoms with van der Waals surface area (Å²) in [5.41, 5.74) is 3.43. The summed E-state index contributed by atoms with van der Waals surface area (Å²) in [6.07, 6.45) is 2.77. The average molecular weight is 451 g/mol. The normalized spacial score (nSPS) is 10.5. The number of methoxy groups -OCH3 is 2. The number of hydrogen-bond acceptors (Lipinski definition) is 5. The van der Waals surface area contributed by atoms with Gasteiger partial charge in [-0.3, -0.25) is 0 Å². The summed E-state index contributed by atoms with van der Waals surface area (Å²) in [7, 11) is 3.34. The third kappa shape index (κ3) is 7.07. The minimum Gasteiger partial charge on any atom is -0.497 e. The summed E-state index contributed by atoms with van der Waals surface area (Å²) >= 11 is 0. The van der Waals surface area contributed by atoms with E-state index in [-0.39, 0.29) is 0 Å². The zero-order valence-electron chi connectivity index (χ0n) is 20.1. The predicted octanol–water partition coefficient (Wildman–Crippen LogP) is 6.26. The molecule has 0 heterocycles. The number of ether oxygens (including phenoxy) is 5. The van der Waals surface area contributed by atoms with Crippen LogP contribution in [-0.2, 0) is 19.4 Å². The molecule has 0 amide bonds. The Balaban J connectivity index is 1.66. The third-order valence-electron chi connectivity index (χ3n) is 5.37. The van der Waals surface area contributed by atoms with Crippen LogP contribution in [0.1, 0.15) is 37.0 Å². The second kappa shape index (κ2) is 12.6. The van der Waals surface area contributed by atoms with Crippen molar-refractivity contribution in [3.05, 3.63) is 77.4 Å². The van der Waals surface area contributed by atoms with Gasteiger partial charge in [0.2, 0.25) is 0 Å². The fourth-order valence-corrected chi connectivity index (χ4v) is 3.64. The van der Waals surface area contributed by atoms with E-state index in [4.69, 9.17) is 23.7 Å². The number of aryl methyl sites for hydroxylation is 2. The molecule has 3 aromatic carbocycles. The molecule has 3 rings (SSSR count). The molecule has 5 heteroatoms. The van der Waals surface area contributed by atoms with Gasteiger partial charge in [-0.1, -0.05) is 24.3 Å².